The molecular formula is C88H61BrIN3. The Morgan fingerprint density at radius 1 is 0.280 bits per heavy atom. The highest BCUT2D eigenvalue weighted by Crippen LogP contribution is 2.48. The lowest BCUT2D eigenvalue weighted by molar-refractivity contribution is 1.15. The summed E-state index contributed by atoms with van der Waals surface area (Å²) in [6.45, 7) is 0. The summed E-state index contributed by atoms with van der Waals surface area (Å²) in [5, 5.41) is 7.67. The number of halogens is 2. The van der Waals surface area contributed by atoms with Crippen LogP contribution in [0.25, 0.3) is 138 Å². The molecule has 3 aliphatic carbocycles. The van der Waals surface area contributed by atoms with Gasteiger partial charge in [-0.1, -0.05) is 275 Å². The van der Waals surface area contributed by atoms with E-state index in [0.29, 0.717) is 4.91 Å². The summed E-state index contributed by atoms with van der Waals surface area (Å²) in [6, 6.07) is 114. The van der Waals surface area contributed by atoms with Crippen molar-refractivity contribution >= 4 is 104 Å². The lowest BCUT2D eigenvalue weighted by Gasteiger charge is -2.13. The van der Waals surface area contributed by atoms with Gasteiger partial charge in [0.1, 0.15) is 0 Å². The Bertz CT molecular complexity index is 5730. The average Bonchev–Trinajstić information content (AvgIpc) is 1.65. The van der Waals surface area contributed by atoms with Crippen LogP contribution in [0.3, 0.4) is 0 Å². The van der Waals surface area contributed by atoms with Gasteiger partial charge in [0.15, 0.2) is 0 Å². The molecule has 0 aliphatic heterocycles. The average molecular weight is 1370 g/mol. The SMILES string of the molecule is Brc1ccc2c(c1)c1ccccc1n2-c1cccc(-c2ccccc2)c1.[2H]CI.c1ccc(-c2cccc(-n3c4ccccc4c4cc(-n5c6ccccc6c6ccc7c(c65)Cc5ccccc5-7)ccc43)c2)cc1.c1ccc2c(c1)Cc1c-2ccc2c1Cc1ccccc1-2. The van der Waals surface area contributed by atoms with Gasteiger partial charge in [-0.05, 0) is 186 Å². The first-order chi connectivity index (χ1) is 46.5. The largest absolute Gasteiger partial charge is 0.309 e. The van der Waals surface area contributed by atoms with Gasteiger partial charge in [-0.25, -0.2) is 0 Å². The van der Waals surface area contributed by atoms with Gasteiger partial charge in [-0.2, -0.15) is 0 Å². The maximum atomic E-state index is 6.20. The molecular weight excluding hydrogens is 1310 g/mol. The van der Waals surface area contributed by atoms with Crippen LogP contribution < -0.4 is 0 Å². The Hall–Kier alpha value is -10.3. The van der Waals surface area contributed by atoms with Gasteiger partial charge in [0.25, 0.3) is 0 Å². The zero-order valence-electron chi connectivity index (χ0n) is 51.9. The fourth-order valence-corrected chi connectivity index (χ4v) is 15.7. The summed E-state index contributed by atoms with van der Waals surface area (Å²) in [5.41, 5.74) is 33.3. The number of hydrogen-bond donors (Lipinski definition) is 0. The van der Waals surface area contributed by atoms with Gasteiger partial charge in [0, 0.05) is 61.6 Å². The molecule has 0 spiro atoms. The van der Waals surface area contributed by atoms with Crippen molar-refractivity contribution in [3.63, 3.8) is 0 Å². The normalized spacial score (nSPS) is 12.3. The number of para-hydroxylation sites is 3. The third-order valence-corrected chi connectivity index (χ3v) is 19.9. The van der Waals surface area contributed by atoms with Gasteiger partial charge in [0.05, 0.1) is 33.1 Å². The maximum Gasteiger partial charge on any atom is 0.0582 e. The summed E-state index contributed by atoms with van der Waals surface area (Å²) in [7, 11) is 0. The van der Waals surface area contributed by atoms with Crippen molar-refractivity contribution in [1.29, 1.82) is 0 Å². The number of aromatic nitrogens is 3. The zero-order chi connectivity index (χ0) is 62.8. The molecule has 0 radical (unpaired) electrons. The van der Waals surface area contributed by atoms with E-state index in [-0.39, 0.29) is 0 Å². The van der Waals surface area contributed by atoms with Crippen molar-refractivity contribution in [2.45, 2.75) is 19.3 Å². The van der Waals surface area contributed by atoms with E-state index >= 15 is 0 Å². The van der Waals surface area contributed by atoms with Crippen LogP contribution >= 0.6 is 38.5 Å². The third-order valence-electron chi connectivity index (χ3n) is 19.4. The Kier molecular flexibility index (Phi) is 14.2. The zero-order valence-corrected chi connectivity index (χ0v) is 54.7. The summed E-state index contributed by atoms with van der Waals surface area (Å²) in [4.78, 5) is 0.470. The topological polar surface area (TPSA) is 14.8 Å². The minimum atomic E-state index is 0.470. The highest BCUT2D eigenvalue weighted by atomic mass is 127. The highest BCUT2D eigenvalue weighted by Gasteiger charge is 2.28. The first-order valence-electron chi connectivity index (χ1n) is 32.5. The van der Waals surface area contributed by atoms with Crippen LogP contribution in [0, 0.1) is 0 Å². The molecule has 0 bridgehead atoms. The summed E-state index contributed by atoms with van der Waals surface area (Å²) < 4.78 is 14.6. The molecule has 3 aliphatic rings. The van der Waals surface area contributed by atoms with E-state index in [9.17, 15) is 0 Å². The van der Waals surface area contributed by atoms with Gasteiger partial charge in [-0.15, -0.1) is 0 Å². The molecule has 20 rings (SSSR count). The summed E-state index contributed by atoms with van der Waals surface area (Å²) in [6.07, 6.45) is 3.16. The minimum absolute atomic E-state index is 0.470. The lowest BCUT2D eigenvalue weighted by Crippen LogP contribution is -1.98. The molecule has 93 heavy (non-hydrogen) atoms. The summed E-state index contributed by atoms with van der Waals surface area (Å²) >= 11 is 5.57. The standard InChI is InChI=1S/C43H28N2.C24H16BrN.C20H14.CH3I/c1-2-11-28(12-3-1)29-14-10-15-31(25-29)44-40-19-8-7-18-36(40)38-27-32(21-24-42(38)44)45-41-20-9-6-17-35(41)37-23-22-34-33-16-5-4-13-30(33)26-39(34)43(37)45;25-19-13-14-24-22(16-19)21-11-4-5-12-23(21)26(24)20-10-6-9-18(15-20)17-7-2-1-3-8-17;1-3-7-15-13(5-1)11-19-17(15)9-10-18-16-8-4-2-6-14(16)12-20(18)19;1-2/h1-25,27H,26H2;1-16H;1-10H,11-12H2;1H3/i;;;1D. The second-order valence-electron chi connectivity index (χ2n) is 24.4. The van der Waals surface area contributed by atoms with Crippen molar-refractivity contribution in [3.8, 4) is 72.7 Å². The second-order valence-corrected chi connectivity index (χ2v) is 25.3. The molecule has 17 aromatic rings. The Morgan fingerprint density at radius 2 is 0.645 bits per heavy atom. The number of nitrogens with zero attached hydrogens (tertiary/aromatic N) is 3. The van der Waals surface area contributed by atoms with E-state index in [4.69, 9.17) is 1.37 Å². The first-order valence-corrected chi connectivity index (χ1v) is 34.1. The van der Waals surface area contributed by atoms with Crippen LogP contribution in [-0.2, 0) is 19.3 Å². The van der Waals surface area contributed by atoms with Crippen LogP contribution in [-0.4, -0.2) is 18.6 Å². The van der Waals surface area contributed by atoms with Crippen LogP contribution in [0.1, 0.15) is 34.8 Å². The number of hydrogen-bond acceptors (Lipinski definition) is 0. The molecule has 0 fully saturated rings. The fourth-order valence-electron chi connectivity index (χ4n) is 15.3. The Balaban J connectivity index is 0.000000115. The molecule has 14 aromatic carbocycles. The van der Waals surface area contributed by atoms with E-state index in [1.54, 1.807) is 11.1 Å². The van der Waals surface area contributed by atoms with E-state index in [1.165, 1.54) is 160 Å². The van der Waals surface area contributed by atoms with E-state index in [2.05, 4.69) is 345 Å². The van der Waals surface area contributed by atoms with Crippen molar-refractivity contribution in [2.75, 3.05) is 4.91 Å². The highest BCUT2D eigenvalue weighted by molar-refractivity contribution is 14.1. The Morgan fingerprint density at radius 3 is 1.16 bits per heavy atom. The molecule has 3 aromatic heterocycles. The first kappa shape index (κ1) is 55.5. The number of alkyl halides is 1. The van der Waals surface area contributed by atoms with E-state index < -0.39 is 0 Å². The fraction of sp³-hybridized carbons (Fsp3) is 0.0455. The van der Waals surface area contributed by atoms with Gasteiger partial charge < -0.3 is 13.7 Å². The molecule has 0 unspecified atom stereocenters. The van der Waals surface area contributed by atoms with Gasteiger partial charge in [-0.3, -0.25) is 0 Å². The smallest absolute Gasteiger partial charge is 0.0582 e. The van der Waals surface area contributed by atoms with Crippen LogP contribution in [0.2, 0.25) is 0 Å². The number of benzene rings is 14. The van der Waals surface area contributed by atoms with Crippen LogP contribution in [0.15, 0.2) is 320 Å². The van der Waals surface area contributed by atoms with Crippen LogP contribution in [0.4, 0.5) is 0 Å². The van der Waals surface area contributed by atoms with Crippen molar-refractivity contribution in [1.82, 2.24) is 13.7 Å². The number of fused-ring (bicyclic) bond motifs is 20. The quantitative estimate of drug-likeness (QED) is 0.121. The van der Waals surface area contributed by atoms with E-state index in [0.717, 1.165) is 23.7 Å². The molecule has 442 valence electrons. The minimum Gasteiger partial charge on any atom is -0.309 e. The van der Waals surface area contributed by atoms with Crippen molar-refractivity contribution in [3.05, 3.63) is 353 Å². The van der Waals surface area contributed by atoms with Crippen molar-refractivity contribution in [2.24, 2.45) is 0 Å². The Labute approximate surface area is 564 Å². The molecule has 3 nitrogen and oxygen atoms in total. The molecule has 0 saturated heterocycles. The van der Waals surface area contributed by atoms with E-state index in [1.807, 2.05) is 22.6 Å². The molecule has 0 amide bonds. The number of rotatable bonds is 5. The lowest BCUT2D eigenvalue weighted by atomic mass is 9.96. The second kappa shape index (κ2) is 23.7. The summed E-state index contributed by atoms with van der Waals surface area (Å²) in [5.74, 6) is 0. The maximum absolute atomic E-state index is 6.20. The van der Waals surface area contributed by atoms with Crippen LogP contribution in [0.5, 0.6) is 0 Å². The molecule has 0 atom stereocenters. The predicted molar refractivity (Wildman–Crippen MR) is 406 cm³/mol. The van der Waals surface area contributed by atoms with Gasteiger partial charge in [0.2, 0.25) is 0 Å². The molecule has 0 N–H and O–H groups in total. The molecule has 0 saturated carbocycles. The molecule has 3 heterocycles. The monoisotopic (exact) mass is 1370 g/mol. The molecule has 5 heteroatoms. The van der Waals surface area contributed by atoms with Crippen molar-refractivity contribution < 1.29 is 1.37 Å². The van der Waals surface area contributed by atoms with Gasteiger partial charge >= 0.3 is 0 Å². The predicted octanol–water partition coefficient (Wildman–Crippen LogP) is 24.2. The third kappa shape index (κ3) is 9.66.